The number of carbonyl (C=O) groups excluding carboxylic acids is 1. The number of fused-ring (bicyclic) bond motifs is 1. The van der Waals surface area contributed by atoms with Crippen molar-refractivity contribution in [2.24, 2.45) is 0 Å². The van der Waals surface area contributed by atoms with Crippen LogP contribution in [0.15, 0.2) is 103 Å². The molecular weight excluding hydrogens is 476 g/mol. The van der Waals surface area contributed by atoms with E-state index in [2.05, 4.69) is 0 Å². The minimum Gasteiger partial charge on any atom is -0.477 e. The van der Waals surface area contributed by atoms with Crippen LogP contribution >= 0.6 is 0 Å². The third kappa shape index (κ3) is 4.41. The Bertz CT molecular complexity index is 1640. The van der Waals surface area contributed by atoms with Crippen LogP contribution < -0.4 is 9.64 Å². The number of para-hydroxylation sites is 1. The SMILES string of the molecule is O=C(O)c1c(N2CCCC2=O)c2cc(-c3ccccc3)ccc2n1Cc1cccc(Oc2ccccc2)c1. The average molecular weight is 503 g/mol. The predicted molar refractivity (Wildman–Crippen MR) is 148 cm³/mol. The minimum atomic E-state index is -1.06. The summed E-state index contributed by atoms with van der Waals surface area (Å²) in [7, 11) is 0. The van der Waals surface area contributed by atoms with E-state index in [1.807, 2.05) is 103 Å². The van der Waals surface area contributed by atoms with Crippen molar-refractivity contribution in [3.8, 4) is 22.6 Å². The maximum atomic E-state index is 12.8. The van der Waals surface area contributed by atoms with E-state index in [1.54, 1.807) is 9.47 Å². The van der Waals surface area contributed by atoms with Crippen LogP contribution in [-0.4, -0.2) is 28.1 Å². The Hall–Kier alpha value is -4.84. The van der Waals surface area contributed by atoms with Gasteiger partial charge in [0.1, 0.15) is 11.5 Å². The van der Waals surface area contributed by atoms with Gasteiger partial charge in [-0.15, -0.1) is 0 Å². The summed E-state index contributed by atoms with van der Waals surface area (Å²) >= 11 is 0. The van der Waals surface area contributed by atoms with Gasteiger partial charge in [-0.05, 0) is 59.5 Å². The molecule has 1 aromatic heterocycles. The predicted octanol–water partition coefficient (Wildman–Crippen LogP) is 6.97. The molecule has 2 heterocycles. The number of hydrogen-bond acceptors (Lipinski definition) is 3. The molecule has 0 unspecified atom stereocenters. The van der Waals surface area contributed by atoms with E-state index in [-0.39, 0.29) is 11.6 Å². The summed E-state index contributed by atoms with van der Waals surface area (Å²) in [6.45, 7) is 0.824. The molecule has 1 saturated heterocycles. The lowest BCUT2D eigenvalue weighted by atomic mass is 10.0. The van der Waals surface area contributed by atoms with Crippen molar-refractivity contribution < 1.29 is 19.4 Å². The molecule has 0 aliphatic carbocycles. The Kier molecular flexibility index (Phi) is 6.14. The van der Waals surface area contributed by atoms with Gasteiger partial charge in [0.2, 0.25) is 5.91 Å². The van der Waals surface area contributed by atoms with Crippen LogP contribution in [0.25, 0.3) is 22.0 Å². The molecule has 38 heavy (non-hydrogen) atoms. The van der Waals surface area contributed by atoms with Crippen LogP contribution in [0.2, 0.25) is 0 Å². The molecular formula is C32H26N2O4. The molecule has 1 N–H and O–H groups in total. The van der Waals surface area contributed by atoms with Crippen molar-refractivity contribution in [1.29, 1.82) is 0 Å². The van der Waals surface area contributed by atoms with E-state index in [0.29, 0.717) is 37.4 Å². The summed E-state index contributed by atoms with van der Waals surface area (Å²) in [5.74, 6) is 0.290. The zero-order valence-corrected chi connectivity index (χ0v) is 20.7. The first kappa shape index (κ1) is 23.6. The first-order valence-electron chi connectivity index (χ1n) is 12.7. The second-order valence-corrected chi connectivity index (χ2v) is 9.40. The summed E-state index contributed by atoms with van der Waals surface area (Å²) < 4.78 is 7.81. The second kappa shape index (κ2) is 9.90. The van der Waals surface area contributed by atoms with Crippen LogP contribution in [0.3, 0.4) is 0 Å². The molecule has 188 valence electrons. The maximum absolute atomic E-state index is 12.8. The van der Waals surface area contributed by atoms with Crippen LogP contribution in [0.4, 0.5) is 5.69 Å². The summed E-state index contributed by atoms with van der Waals surface area (Å²) in [5.41, 5.74) is 4.26. The molecule has 1 fully saturated rings. The third-order valence-corrected chi connectivity index (χ3v) is 6.91. The topological polar surface area (TPSA) is 71.8 Å². The summed E-state index contributed by atoms with van der Waals surface area (Å²) in [5, 5.41) is 11.2. The van der Waals surface area contributed by atoms with Crippen molar-refractivity contribution in [2.45, 2.75) is 19.4 Å². The van der Waals surface area contributed by atoms with Gasteiger partial charge in [-0.2, -0.15) is 0 Å². The molecule has 6 rings (SSSR count). The van der Waals surface area contributed by atoms with Crippen LogP contribution in [0.1, 0.15) is 28.9 Å². The van der Waals surface area contributed by atoms with Gasteiger partial charge < -0.3 is 19.3 Å². The number of aromatic carboxylic acids is 1. The molecule has 1 amide bonds. The third-order valence-electron chi connectivity index (χ3n) is 6.91. The highest BCUT2D eigenvalue weighted by molar-refractivity contribution is 6.13. The van der Waals surface area contributed by atoms with Crippen molar-refractivity contribution in [2.75, 3.05) is 11.4 Å². The molecule has 4 aromatic carbocycles. The first-order chi connectivity index (χ1) is 18.6. The maximum Gasteiger partial charge on any atom is 0.354 e. The van der Waals surface area contributed by atoms with Gasteiger partial charge in [0.25, 0.3) is 0 Å². The number of ether oxygens (including phenoxy) is 1. The first-order valence-corrected chi connectivity index (χ1v) is 12.7. The van der Waals surface area contributed by atoms with E-state index >= 15 is 0 Å². The molecule has 1 aliphatic rings. The fraction of sp³-hybridized carbons (Fsp3) is 0.125. The van der Waals surface area contributed by atoms with E-state index in [9.17, 15) is 14.7 Å². The summed E-state index contributed by atoms with van der Waals surface area (Å²) in [6.07, 6.45) is 1.13. The second-order valence-electron chi connectivity index (χ2n) is 9.40. The number of carbonyl (C=O) groups is 2. The minimum absolute atomic E-state index is 0.0464. The highest BCUT2D eigenvalue weighted by atomic mass is 16.5. The lowest BCUT2D eigenvalue weighted by Crippen LogP contribution is -2.26. The van der Waals surface area contributed by atoms with Gasteiger partial charge in [0.15, 0.2) is 5.69 Å². The number of carboxylic acids is 1. The highest BCUT2D eigenvalue weighted by Gasteiger charge is 2.32. The Morgan fingerprint density at radius 3 is 2.26 bits per heavy atom. The van der Waals surface area contributed by atoms with Crippen LogP contribution in [0, 0.1) is 0 Å². The molecule has 0 spiro atoms. The van der Waals surface area contributed by atoms with Gasteiger partial charge >= 0.3 is 5.97 Å². The van der Waals surface area contributed by atoms with Crippen molar-refractivity contribution >= 4 is 28.5 Å². The summed E-state index contributed by atoms with van der Waals surface area (Å²) in [4.78, 5) is 27.2. The monoisotopic (exact) mass is 502 g/mol. The van der Waals surface area contributed by atoms with Crippen LogP contribution in [0.5, 0.6) is 11.5 Å². The fourth-order valence-corrected chi connectivity index (χ4v) is 5.20. The highest BCUT2D eigenvalue weighted by Crippen LogP contribution is 2.39. The van der Waals surface area contributed by atoms with Crippen LogP contribution in [-0.2, 0) is 11.3 Å². The summed E-state index contributed by atoms with van der Waals surface area (Å²) in [6, 6.07) is 33.1. The van der Waals surface area contributed by atoms with Gasteiger partial charge in [0, 0.05) is 24.9 Å². The zero-order valence-electron chi connectivity index (χ0n) is 20.7. The number of rotatable bonds is 7. The van der Waals surface area contributed by atoms with Gasteiger partial charge in [-0.3, -0.25) is 4.79 Å². The van der Waals surface area contributed by atoms with Gasteiger partial charge in [0.05, 0.1) is 11.2 Å². The van der Waals surface area contributed by atoms with Gasteiger partial charge in [-0.1, -0.05) is 66.7 Å². The number of nitrogens with zero attached hydrogens (tertiary/aromatic N) is 2. The molecule has 0 saturated carbocycles. The van der Waals surface area contributed by atoms with E-state index in [1.165, 1.54) is 0 Å². The molecule has 0 bridgehead atoms. The largest absolute Gasteiger partial charge is 0.477 e. The number of amides is 1. The average Bonchev–Trinajstić information content (AvgIpc) is 3.50. The fourth-order valence-electron chi connectivity index (χ4n) is 5.20. The number of benzene rings is 4. The molecule has 0 atom stereocenters. The number of aromatic nitrogens is 1. The molecule has 6 nitrogen and oxygen atoms in total. The van der Waals surface area contributed by atoms with Crippen molar-refractivity contribution in [1.82, 2.24) is 4.57 Å². The Morgan fingerprint density at radius 2 is 1.55 bits per heavy atom. The van der Waals surface area contributed by atoms with E-state index < -0.39 is 5.97 Å². The number of anilines is 1. The van der Waals surface area contributed by atoms with Gasteiger partial charge in [-0.25, -0.2) is 4.79 Å². The quantitative estimate of drug-likeness (QED) is 0.261. The standard InChI is InChI=1S/C32H26N2O4/c35-29-15-8-18-33(29)30-27-20-24(23-10-3-1-4-11-23)16-17-28(27)34(31(30)32(36)37)21-22-9-7-14-26(19-22)38-25-12-5-2-6-13-25/h1-7,9-14,16-17,19-20H,8,15,18,21H2,(H,36,37). The Morgan fingerprint density at radius 1 is 0.816 bits per heavy atom. The molecule has 1 aliphatic heterocycles. The molecule has 0 radical (unpaired) electrons. The lowest BCUT2D eigenvalue weighted by Gasteiger charge is -2.17. The van der Waals surface area contributed by atoms with Crippen molar-refractivity contribution in [3.05, 3.63) is 114 Å². The van der Waals surface area contributed by atoms with E-state index in [0.717, 1.165) is 33.3 Å². The molecule has 5 aromatic rings. The Balaban J connectivity index is 1.48. The smallest absolute Gasteiger partial charge is 0.354 e. The normalized spacial score (nSPS) is 13.3. The Labute approximate surface area is 220 Å². The lowest BCUT2D eigenvalue weighted by molar-refractivity contribution is -0.117. The van der Waals surface area contributed by atoms with Crippen molar-refractivity contribution in [3.63, 3.8) is 0 Å². The zero-order chi connectivity index (χ0) is 26.1. The molecule has 6 heteroatoms. The van der Waals surface area contributed by atoms with E-state index in [4.69, 9.17) is 4.74 Å². The number of hydrogen-bond donors (Lipinski definition) is 1. The number of carboxylic acid groups (broad SMARTS) is 1.